The van der Waals surface area contributed by atoms with Gasteiger partial charge in [0.05, 0.1) is 47.9 Å². The Morgan fingerprint density at radius 3 is 2.71 bits per heavy atom. The van der Waals surface area contributed by atoms with E-state index in [0.717, 1.165) is 0 Å². The van der Waals surface area contributed by atoms with Crippen LogP contribution in [0.2, 0.25) is 0 Å². The summed E-state index contributed by atoms with van der Waals surface area (Å²) in [5.41, 5.74) is 0.498. The van der Waals surface area contributed by atoms with Crippen LogP contribution in [0, 0.1) is 17.3 Å². The van der Waals surface area contributed by atoms with Crippen molar-refractivity contribution in [3.63, 3.8) is 0 Å². The van der Waals surface area contributed by atoms with Gasteiger partial charge < -0.3 is 9.84 Å². The van der Waals surface area contributed by atoms with Crippen LogP contribution in [-0.2, 0) is 21.4 Å². The van der Waals surface area contributed by atoms with Gasteiger partial charge in [-0.1, -0.05) is 38.7 Å². The van der Waals surface area contributed by atoms with Crippen LogP contribution in [0.25, 0.3) is 11.0 Å². The quantitative estimate of drug-likeness (QED) is 0.447. The van der Waals surface area contributed by atoms with Crippen LogP contribution in [0.5, 0.6) is 0 Å². The molecule has 0 spiro atoms. The van der Waals surface area contributed by atoms with Crippen LogP contribution >= 0.6 is 0 Å². The summed E-state index contributed by atoms with van der Waals surface area (Å²) in [7, 11) is 1.65. The van der Waals surface area contributed by atoms with E-state index in [1.807, 2.05) is 26.8 Å². The minimum Gasteiger partial charge on any atom is -0.465 e. The van der Waals surface area contributed by atoms with Crippen LogP contribution < -0.4 is 11.0 Å². The Hall–Kier alpha value is -3.62. The largest absolute Gasteiger partial charge is 0.465 e. The van der Waals surface area contributed by atoms with E-state index in [2.05, 4.69) is 22.1 Å². The second kappa shape index (κ2) is 9.29. The second-order valence-corrected chi connectivity index (χ2v) is 11.4. The van der Waals surface area contributed by atoms with E-state index in [4.69, 9.17) is 4.74 Å². The molecule has 1 aromatic heterocycles. The molecule has 3 fully saturated rings. The summed E-state index contributed by atoms with van der Waals surface area (Å²) in [4.78, 5) is 53.3. The van der Waals surface area contributed by atoms with Crippen LogP contribution in [0.15, 0.2) is 23.0 Å². The molecular formula is C27H33N5O6. The molecule has 0 aliphatic carbocycles. The van der Waals surface area contributed by atoms with E-state index in [9.17, 15) is 24.3 Å². The zero-order chi connectivity index (χ0) is 27.4. The van der Waals surface area contributed by atoms with Gasteiger partial charge in [-0.3, -0.25) is 33.8 Å². The molecule has 3 amide bonds. The number of aromatic nitrogens is 2. The summed E-state index contributed by atoms with van der Waals surface area (Å²) >= 11 is 0. The van der Waals surface area contributed by atoms with Gasteiger partial charge in [-0.2, -0.15) is 0 Å². The molecule has 38 heavy (non-hydrogen) atoms. The normalized spacial score (nSPS) is 26.2. The molecule has 11 heteroatoms. The molecule has 11 nitrogen and oxygen atoms in total. The average Bonchev–Trinajstić information content (AvgIpc) is 3.08. The van der Waals surface area contributed by atoms with Crippen molar-refractivity contribution in [2.75, 3.05) is 32.8 Å². The van der Waals surface area contributed by atoms with Gasteiger partial charge in [-0.15, -0.1) is 0 Å². The van der Waals surface area contributed by atoms with E-state index in [1.165, 1.54) is 9.13 Å². The maximum absolute atomic E-state index is 13.2. The molecule has 1 aromatic carbocycles. The number of nitrogens with zero attached hydrogens (tertiary/aromatic N) is 4. The third kappa shape index (κ3) is 4.08. The number of morpholine rings is 1. The van der Waals surface area contributed by atoms with Gasteiger partial charge in [0.15, 0.2) is 0 Å². The number of carbonyl (C=O) groups is 3. The van der Waals surface area contributed by atoms with Crippen molar-refractivity contribution in [2.45, 2.75) is 51.2 Å². The maximum atomic E-state index is 13.2. The van der Waals surface area contributed by atoms with E-state index in [-0.39, 0.29) is 35.9 Å². The van der Waals surface area contributed by atoms with Crippen molar-refractivity contribution in [1.29, 1.82) is 0 Å². The number of imidazole rings is 1. The van der Waals surface area contributed by atoms with Gasteiger partial charge in [-0.25, -0.2) is 9.59 Å². The Kier molecular flexibility index (Phi) is 6.36. The Labute approximate surface area is 220 Å². The zero-order valence-electron chi connectivity index (χ0n) is 22.1. The fourth-order valence-electron chi connectivity index (χ4n) is 6.14. The smallest absolute Gasteiger partial charge is 0.408 e. The van der Waals surface area contributed by atoms with Crippen LogP contribution in [0.4, 0.5) is 4.79 Å². The Morgan fingerprint density at radius 2 is 2.03 bits per heavy atom. The Bertz CT molecular complexity index is 1440. The fraction of sp³-hybridized carbons (Fsp3) is 0.556. The maximum Gasteiger partial charge on any atom is 0.408 e. The van der Waals surface area contributed by atoms with E-state index < -0.39 is 23.6 Å². The summed E-state index contributed by atoms with van der Waals surface area (Å²) in [6, 6.07) is 4.39. The monoisotopic (exact) mass is 523 g/mol. The lowest BCUT2D eigenvalue weighted by Crippen LogP contribution is -2.77. The van der Waals surface area contributed by atoms with Crippen molar-refractivity contribution >= 4 is 28.9 Å². The van der Waals surface area contributed by atoms with Crippen molar-refractivity contribution in [2.24, 2.45) is 12.5 Å². The third-order valence-electron chi connectivity index (χ3n) is 8.18. The number of piperazine rings is 1. The van der Waals surface area contributed by atoms with Crippen molar-refractivity contribution in [1.82, 2.24) is 24.3 Å². The van der Waals surface area contributed by atoms with Crippen LogP contribution in [0.1, 0.15) is 45.2 Å². The number of piperidine rings is 1. The Balaban J connectivity index is 1.44. The molecule has 0 radical (unpaired) electrons. The molecule has 0 saturated carbocycles. The average molecular weight is 524 g/mol. The molecule has 202 valence electrons. The van der Waals surface area contributed by atoms with E-state index in [0.29, 0.717) is 49.4 Å². The summed E-state index contributed by atoms with van der Waals surface area (Å²) in [5.74, 6) is 5.63. The molecule has 5 rings (SSSR count). The zero-order valence-corrected chi connectivity index (χ0v) is 22.1. The van der Waals surface area contributed by atoms with Gasteiger partial charge >= 0.3 is 11.8 Å². The molecule has 3 aliphatic rings. The molecule has 2 N–H and O–H groups in total. The standard InChI is InChI=1S/C27H33N5O6/c1-26(2,3)27-15-30(13-18(14-38-16-27)32(27)25(36)37)12-6-8-17-7-5-9-19-22(17)29(4)24(35)31(19)20-10-11-21(33)28-23(20)34/h5,7,9,18,20H,10-16H2,1-4H3,(H,36,37)(H,28,33,34). The summed E-state index contributed by atoms with van der Waals surface area (Å²) in [6.07, 6.45) is -0.481. The number of benzene rings is 1. The number of amides is 3. The first-order chi connectivity index (χ1) is 17.9. The summed E-state index contributed by atoms with van der Waals surface area (Å²) in [6.45, 7) is 8.26. The number of imide groups is 1. The van der Waals surface area contributed by atoms with Crippen molar-refractivity contribution in [3.8, 4) is 11.8 Å². The van der Waals surface area contributed by atoms with Gasteiger partial charge in [0, 0.05) is 26.6 Å². The number of hydrogen-bond donors (Lipinski definition) is 2. The highest BCUT2D eigenvalue weighted by Crippen LogP contribution is 2.43. The van der Waals surface area contributed by atoms with Crippen LogP contribution in [0.3, 0.4) is 0 Å². The first kappa shape index (κ1) is 26.0. The number of aryl methyl sites for hydroxylation is 1. The first-order valence-corrected chi connectivity index (χ1v) is 12.8. The number of nitrogens with one attached hydrogen (secondary N) is 1. The number of ether oxygens (including phenoxy) is 1. The first-order valence-electron chi connectivity index (χ1n) is 12.8. The molecule has 2 bridgehead atoms. The summed E-state index contributed by atoms with van der Waals surface area (Å²) < 4.78 is 8.79. The number of rotatable bonds is 2. The predicted molar refractivity (Wildman–Crippen MR) is 139 cm³/mol. The highest BCUT2D eigenvalue weighted by atomic mass is 16.5. The highest BCUT2D eigenvalue weighted by Gasteiger charge is 2.57. The predicted octanol–water partition coefficient (Wildman–Crippen LogP) is 1.15. The highest BCUT2D eigenvalue weighted by molar-refractivity contribution is 6.00. The lowest BCUT2D eigenvalue weighted by molar-refractivity contribution is -0.171. The lowest BCUT2D eigenvalue weighted by atomic mass is 9.69. The van der Waals surface area contributed by atoms with Gasteiger partial charge in [0.2, 0.25) is 11.8 Å². The Morgan fingerprint density at radius 1 is 1.26 bits per heavy atom. The third-order valence-corrected chi connectivity index (χ3v) is 8.18. The summed E-state index contributed by atoms with van der Waals surface area (Å²) in [5, 5.41) is 12.3. The molecule has 2 aromatic rings. The van der Waals surface area contributed by atoms with Gasteiger partial charge in [0.25, 0.3) is 0 Å². The number of hydrogen-bond acceptors (Lipinski definition) is 6. The van der Waals surface area contributed by atoms with Gasteiger partial charge in [-0.05, 0) is 24.0 Å². The molecule has 3 atom stereocenters. The number of fused-ring (bicyclic) bond motifs is 3. The second-order valence-electron chi connectivity index (χ2n) is 11.4. The molecule has 3 aliphatic heterocycles. The topological polar surface area (TPSA) is 126 Å². The number of carboxylic acid groups (broad SMARTS) is 1. The molecule has 3 unspecified atom stereocenters. The van der Waals surface area contributed by atoms with Gasteiger partial charge in [0.1, 0.15) is 6.04 Å². The fourth-order valence-corrected chi connectivity index (χ4v) is 6.14. The van der Waals surface area contributed by atoms with E-state index in [1.54, 1.807) is 24.1 Å². The lowest BCUT2D eigenvalue weighted by Gasteiger charge is -2.61. The number of carbonyl (C=O) groups excluding carboxylic acids is 2. The van der Waals surface area contributed by atoms with E-state index >= 15 is 0 Å². The minimum atomic E-state index is -0.924. The molecular weight excluding hydrogens is 490 g/mol. The SMILES string of the molecule is Cn1c(=O)n(C2CCC(=O)NC2=O)c2cccc(C#CCN3CC4COCC(C(C)(C)C)(C3)N4C(=O)O)c21. The molecule has 4 heterocycles. The van der Waals surface area contributed by atoms with Crippen LogP contribution in [-0.4, -0.2) is 86.4 Å². The van der Waals surface area contributed by atoms with Crippen molar-refractivity contribution < 1.29 is 24.2 Å². The number of para-hydroxylation sites is 1. The molecule has 3 saturated heterocycles. The minimum absolute atomic E-state index is 0.177. The van der Waals surface area contributed by atoms with Crippen molar-refractivity contribution in [3.05, 3.63) is 34.2 Å².